The molecule has 2 bridgehead atoms. The molecular weight excluding hydrogens is 370 g/mol. The number of imide groups is 1. The first-order valence-electron chi connectivity index (χ1n) is 10.6. The van der Waals surface area contributed by atoms with Crippen LogP contribution in [0.15, 0.2) is 66.7 Å². The van der Waals surface area contributed by atoms with Crippen molar-refractivity contribution in [2.45, 2.75) is 32.6 Å². The number of hydrogen-bond donors (Lipinski definition) is 0. The third-order valence-corrected chi connectivity index (χ3v) is 7.62. The van der Waals surface area contributed by atoms with Crippen LogP contribution in [0.1, 0.15) is 52.1 Å². The molecule has 1 fully saturated rings. The summed E-state index contributed by atoms with van der Waals surface area (Å²) in [4.78, 5) is 29.5. The van der Waals surface area contributed by atoms with Crippen LogP contribution in [0.2, 0.25) is 0 Å². The third-order valence-electron chi connectivity index (χ3n) is 7.62. The van der Waals surface area contributed by atoms with Crippen molar-refractivity contribution in [1.82, 2.24) is 0 Å². The Balaban J connectivity index is 1.63. The van der Waals surface area contributed by atoms with Crippen LogP contribution in [-0.4, -0.2) is 11.8 Å². The Hall–Kier alpha value is -3.20. The number of amides is 2. The largest absolute Gasteiger partial charge is 0.274 e. The molecule has 3 heteroatoms. The number of benzene rings is 3. The van der Waals surface area contributed by atoms with Gasteiger partial charge in [-0.1, -0.05) is 60.7 Å². The van der Waals surface area contributed by atoms with Crippen molar-refractivity contribution in [2.24, 2.45) is 11.3 Å². The molecule has 0 N–H and O–H groups in total. The molecule has 0 aromatic heterocycles. The molecule has 30 heavy (non-hydrogen) atoms. The normalized spacial score (nSPS) is 28.4. The van der Waals surface area contributed by atoms with Crippen molar-refractivity contribution in [1.29, 1.82) is 0 Å². The number of aryl methyl sites for hydroxylation is 2. The molecule has 1 aliphatic heterocycles. The van der Waals surface area contributed by atoms with Gasteiger partial charge in [0.15, 0.2) is 0 Å². The SMILES string of the molecule is Cc1ccc(C)c(N2C(=O)C3C4c5ccccc5C(c5ccccc54)C3(C)C2=O)c1. The fourth-order valence-electron chi connectivity index (χ4n) is 6.30. The summed E-state index contributed by atoms with van der Waals surface area (Å²) in [5.41, 5.74) is 6.75. The van der Waals surface area contributed by atoms with E-state index in [0.29, 0.717) is 0 Å². The summed E-state index contributed by atoms with van der Waals surface area (Å²) >= 11 is 0. The van der Waals surface area contributed by atoms with Crippen molar-refractivity contribution in [3.05, 3.63) is 100 Å². The van der Waals surface area contributed by atoms with Gasteiger partial charge in [0.2, 0.25) is 11.8 Å². The van der Waals surface area contributed by atoms with Crippen molar-refractivity contribution >= 4 is 17.5 Å². The van der Waals surface area contributed by atoms with Gasteiger partial charge in [0, 0.05) is 11.8 Å². The minimum Gasteiger partial charge on any atom is -0.274 e. The zero-order chi connectivity index (χ0) is 20.8. The first-order chi connectivity index (χ1) is 14.4. The number of hydrogen-bond acceptors (Lipinski definition) is 2. The van der Waals surface area contributed by atoms with Gasteiger partial charge in [0.25, 0.3) is 0 Å². The Morgan fingerprint density at radius 2 is 1.37 bits per heavy atom. The summed E-state index contributed by atoms with van der Waals surface area (Å²) in [6.45, 7) is 5.99. The lowest BCUT2D eigenvalue weighted by molar-refractivity contribution is -0.128. The topological polar surface area (TPSA) is 37.4 Å². The highest BCUT2D eigenvalue weighted by molar-refractivity contribution is 6.25. The van der Waals surface area contributed by atoms with E-state index in [-0.39, 0.29) is 29.6 Å². The summed E-state index contributed by atoms with van der Waals surface area (Å²) in [5.74, 6) is -0.689. The molecule has 0 spiro atoms. The number of anilines is 1. The van der Waals surface area contributed by atoms with Crippen LogP contribution in [0.5, 0.6) is 0 Å². The maximum Gasteiger partial charge on any atom is 0.241 e. The Morgan fingerprint density at radius 1 is 0.800 bits per heavy atom. The van der Waals surface area contributed by atoms with E-state index in [2.05, 4.69) is 24.3 Å². The second-order valence-corrected chi connectivity index (χ2v) is 9.20. The molecule has 3 aliphatic carbocycles. The lowest BCUT2D eigenvalue weighted by atomic mass is 9.48. The van der Waals surface area contributed by atoms with Gasteiger partial charge in [-0.25, -0.2) is 4.90 Å². The van der Waals surface area contributed by atoms with E-state index in [9.17, 15) is 9.59 Å². The fourth-order valence-corrected chi connectivity index (χ4v) is 6.30. The summed E-state index contributed by atoms with van der Waals surface area (Å²) in [6, 6.07) is 22.7. The smallest absolute Gasteiger partial charge is 0.241 e. The van der Waals surface area contributed by atoms with Gasteiger partial charge in [-0.2, -0.15) is 0 Å². The van der Waals surface area contributed by atoms with Gasteiger partial charge in [-0.15, -0.1) is 0 Å². The third kappa shape index (κ3) is 1.91. The van der Waals surface area contributed by atoms with Crippen LogP contribution in [0, 0.1) is 25.2 Å². The quantitative estimate of drug-likeness (QED) is 0.540. The number of carbonyl (C=O) groups excluding carboxylic acids is 2. The zero-order valence-electron chi connectivity index (χ0n) is 17.3. The maximum atomic E-state index is 14.1. The fraction of sp³-hybridized carbons (Fsp3) is 0.259. The Morgan fingerprint density at radius 3 is 1.97 bits per heavy atom. The molecule has 3 aromatic carbocycles. The van der Waals surface area contributed by atoms with Crippen LogP contribution in [0.3, 0.4) is 0 Å². The van der Waals surface area contributed by atoms with E-state index in [1.807, 2.05) is 63.2 Å². The van der Waals surface area contributed by atoms with E-state index in [1.165, 1.54) is 27.2 Å². The summed E-state index contributed by atoms with van der Waals surface area (Å²) in [6.07, 6.45) is 0. The number of carbonyl (C=O) groups is 2. The molecule has 0 saturated carbocycles. The molecule has 1 heterocycles. The summed E-state index contributed by atoms with van der Waals surface area (Å²) in [5, 5.41) is 0. The Kier molecular flexibility index (Phi) is 3.35. The van der Waals surface area contributed by atoms with E-state index < -0.39 is 5.41 Å². The lowest BCUT2D eigenvalue weighted by Crippen LogP contribution is -2.49. The summed E-state index contributed by atoms with van der Waals surface area (Å²) < 4.78 is 0. The second-order valence-electron chi connectivity index (χ2n) is 9.20. The molecule has 0 radical (unpaired) electrons. The molecular formula is C27H23NO2. The van der Waals surface area contributed by atoms with Gasteiger partial charge in [0.05, 0.1) is 17.0 Å². The predicted octanol–water partition coefficient (Wildman–Crippen LogP) is 5.09. The van der Waals surface area contributed by atoms with Crippen molar-refractivity contribution in [3.8, 4) is 0 Å². The monoisotopic (exact) mass is 393 g/mol. The van der Waals surface area contributed by atoms with Gasteiger partial charge < -0.3 is 0 Å². The van der Waals surface area contributed by atoms with Crippen LogP contribution in [-0.2, 0) is 9.59 Å². The van der Waals surface area contributed by atoms with Crippen LogP contribution in [0.25, 0.3) is 0 Å². The van der Waals surface area contributed by atoms with E-state index in [1.54, 1.807) is 0 Å². The molecule has 2 unspecified atom stereocenters. The predicted molar refractivity (Wildman–Crippen MR) is 117 cm³/mol. The lowest BCUT2D eigenvalue weighted by Gasteiger charge is -2.51. The Bertz CT molecular complexity index is 1210. The average Bonchev–Trinajstić information content (AvgIpc) is 2.96. The molecule has 7 rings (SSSR count). The standard InChI is InChI=1S/C27H23NO2/c1-15-12-13-16(2)21(14-15)28-25(29)24-22-17-8-4-6-10-19(17)23(27(24,3)26(28)30)20-11-7-5-9-18(20)22/h4-14,22-24H,1-3H3. The first kappa shape index (κ1) is 17.6. The minimum absolute atomic E-state index is 0.0600. The zero-order valence-corrected chi connectivity index (χ0v) is 17.3. The van der Waals surface area contributed by atoms with E-state index >= 15 is 0 Å². The van der Waals surface area contributed by atoms with Gasteiger partial charge in [-0.05, 0) is 60.2 Å². The number of nitrogens with zero attached hydrogens (tertiary/aromatic N) is 1. The van der Waals surface area contributed by atoms with E-state index in [4.69, 9.17) is 0 Å². The van der Waals surface area contributed by atoms with E-state index in [0.717, 1.165) is 16.8 Å². The van der Waals surface area contributed by atoms with Crippen molar-refractivity contribution in [3.63, 3.8) is 0 Å². The van der Waals surface area contributed by atoms with Gasteiger partial charge in [-0.3, -0.25) is 9.59 Å². The highest BCUT2D eigenvalue weighted by Gasteiger charge is 2.68. The minimum atomic E-state index is -0.777. The maximum absolute atomic E-state index is 14.1. The first-order valence-corrected chi connectivity index (χ1v) is 10.6. The highest BCUT2D eigenvalue weighted by Crippen LogP contribution is 2.67. The molecule has 1 saturated heterocycles. The average molecular weight is 393 g/mol. The molecule has 2 amide bonds. The van der Waals surface area contributed by atoms with Crippen LogP contribution in [0.4, 0.5) is 5.69 Å². The molecule has 4 aliphatic rings. The van der Waals surface area contributed by atoms with Gasteiger partial charge in [0.1, 0.15) is 0 Å². The van der Waals surface area contributed by atoms with Gasteiger partial charge >= 0.3 is 0 Å². The molecule has 2 atom stereocenters. The molecule has 148 valence electrons. The van der Waals surface area contributed by atoms with Crippen LogP contribution < -0.4 is 4.90 Å². The van der Waals surface area contributed by atoms with Crippen molar-refractivity contribution < 1.29 is 9.59 Å². The second kappa shape index (κ2) is 5.69. The number of rotatable bonds is 1. The molecule has 3 aromatic rings. The highest BCUT2D eigenvalue weighted by atomic mass is 16.2. The van der Waals surface area contributed by atoms with Crippen molar-refractivity contribution in [2.75, 3.05) is 4.90 Å². The Labute approximate surface area is 176 Å². The molecule has 3 nitrogen and oxygen atoms in total. The summed E-state index contributed by atoms with van der Waals surface area (Å²) in [7, 11) is 0. The van der Waals surface area contributed by atoms with Crippen LogP contribution >= 0.6 is 0 Å².